The first-order valence-electron chi connectivity index (χ1n) is 13.0. The third-order valence-electron chi connectivity index (χ3n) is 6.08. The molecule has 37 heavy (non-hydrogen) atoms. The molecule has 0 saturated carbocycles. The van der Waals surface area contributed by atoms with Crippen molar-refractivity contribution in [1.29, 1.82) is 0 Å². The molecule has 2 aromatic carbocycles. The molecule has 6 nitrogen and oxygen atoms in total. The first-order valence-corrected chi connectivity index (χ1v) is 13.4. The summed E-state index contributed by atoms with van der Waals surface area (Å²) in [6.45, 7) is 8.43. The Labute approximate surface area is 225 Å². The summed E-state index contributed by atoms with van der Waals surface area (Å²) < 4.78 is 7.79. The number of carbonyl (C=O) groups excluding carboxylic acids is 2. The molecule has 0 aliphatic carbocycles. The molecule has 0 aliphatic heterocycles. The zero-order valence-corrected chi connectivity index (χ0v) is 22.9. The average Bonchev–Trinajstić information content (AvgIpc) is 3.32. The molecular weight excluding hydrogens is 486 g/mol. The standard InChI is InChI=1S/C30H38ClN3O3/c1-4-5-17-33(30(36)23-37-27-14-7-6-8-15-27)22-29(35)34(19-24(2)3)21-26-13-11-18-32(26)20-25-12-9-10-16-28(25)31/h6-16,18,24H,4-5,17,19-23H2,1-3H3. The second-order valence-corrected chi connectivity index (χ2v) is 10.1. The highest BCUT2D eigenvalue weighted by molar-refractivity contribution is 6.31. The number of para-hydroxylation sites is 1. The molecule has 198 valence electrons. The summed E-state index contributed by atoms with van der Waals surface area (Å²) in [4.78, 5) is 30.0. The van der Waals surface area contributed by atoms with Crippen molar-refractivity contribution < 1.29 is 14.3 Å². The van der Waals surface area contributed by atoms with Gasteiger partial charge in [0.1, 0.15) is 5.75 Å². The van der Waals surface area contributed by atoms with E-state index in [9.17, 15) is 9.59 Å². The number of halogens is 1. The molecule has 0 radical (unpaired) electrons. The third-order valence-corrected chi connectivity index (χ3v) is 6.45. The van der Waals surface area contributed by atoms with Crippen LogP contribution in [0, 0.1) is 5.92 Å². The SMILES string of the molecule is CCCCN(CC(=O)N(Cc1cccn1Cc1ccccc1Cl)CC(C)C)C(=O)COc1ccccc1. The minimum atomic E-state index is -0.183. The van der Waals surface area contributed by atoms with Crippen LogP contribution in [0.1, 0.15) is 44.9 Å². The lowest BCUT2D eigenvalue weighted by Crippen LogP contribution is -2.45. The third kappa shape index (κ3) is 8.97. The van der Waals surface area contributed by atoms with Crippen LogP contribution in [0.4, 0.5) is 0 Å². The van der Waals surface area contributed by atoms with Crippen LogP contribution in [0.25, 0.3) is 0 Å². The van der Waals surface area contributed by atoms with Gasteiger partial charge in [0.05, 0.1) is 13.1 Å². The van der Waals surface area contributed by atoms with Gasteiger partial charge in [-0.25, -0.2) is 0 Å². The molecule has 0 atom stereocenters. The monoisotopic (exact) mass is 523 g/mol. The molecule has 0 fully saturated rings. The van der Waals surface area contributed by atoms with Gasteiger partial charge < -0.3 is 19.1 Å². The van der Waals surface area contributed by atoms with Gasteiger partial charge in [0.15, 0.2) is 6.61 Å². The summed E-state index contributed by atoms with van der Waals surface area (Å²) in [7, 11) is 0. The zero-order chi connectivity index (χ0) is 26.6. The van der Waals surface area contributed by atoms with E-state index in [2.05, 4.69) is 25.3 Å². The molecule has 3 aromatic rings. The number of rotatable bonds is 14. The molecular formula is C30H38ClN3O3. The molecule has 0 bridgehead atoms. The lowest BCUT2D eigenvalue weighted by Gasteiger charge is -2.29. The van der Waals surface area contributed by atoms with Crippen molar-refractivity contribution >= 4 is 23.4 Å². The lowest BCUT2D eigenvalue weighted by molar-refractivity contribution is -0.142. The fourth-order valence-electron chi connectivity index (χ4n) is 4.11. The van der Waals surface area contributed by atoms with Gasteiger partial charge in [-0.15, -0.1) is 0 Å². The van der Waals surface area contributed by atoms with E-state index in [0.29, 0.717) is 31.9 Å². The van der Waals surface area contributed by atoms with Crippen molar-refractivity contribution in [3.8, 4) is 5.75 Å². The highest BCUT2D eigenvalue weighted by atomic mass is 35.5. The second-order valence-electron chi connectivity index (χ2n) is 9.66. The number of hydrogen-bond acceptors (Lipinski definition) is 3. The van der Waals surface area contributed by atoms with Gasteiger partial charge in [-0.1, -0.05) is 75.2 Å². The Morgan fingerprint density at radius 2 is 1.68 bits per heavy atom. The van der Waals surface area contributed by atoms with Gasteiger partial charge in [-0.3, -0.25) is 9.59 Å². The number of amides is 2. The van der Waals surface area contributed by atoms with E-state index in [-0.39, 0.29) is 30.9 Å². The highest BCUT2D eigenvalue weighted by Crippen LogP contribution is 2.19. The molecule has 0 N–H and O–H groups in total. The van der Waals surface area contributed by atoms with Crippen LogP contribution >= 0.6 is 11.6 Å². The largest absolute Gasteiger partial charge is 0.484 e. The maximum Gasteiger partial charge on any atom is 0.260 e. The maximum atomic E-state index is 13.5. The fraction of sp³-hybridized carbons (Fsp3) is 0.400. The molecule has 3 rings (SSSR count). The number of nitrogens with zero attached hydrogens (tertiary/aromatic N) is 3. The van der Waals surface area contributed by atoms with Crippen LogP contribution in [-0.2, 0) is 22.7 Å². The van der Waals surface area contributed by atoms with E-state index in [0.717, 1.165) is 29.1 Å². The predicted molar refractivity (Wildman–Crippen MR) is 149 cm³/mol. The summed E-state index contributed by atoms with van der Waals surface area (Å²) in [5.41, 5.74) is 2.05. The van der Waals surface area contributed by atoms with Crippen molar-refractivity contribution in [2.45, 2.75) is 46.7 Å². The van der Waals surface area contributed by atoms with Gasteiger partial charge >= 0.3 is 0 Å². The van der Waals surface area contributed by atoms with Crippen LogP contribution in [0.15, 0.2) is 72.9 Å². The predicted octanol–water partition coefficient (Wildman–Crippen LogP) is 5.88. The fourth-order valence-corrected chi connectivity index (χ4v) is 4.30. The van der Waals surface area contributed by atoms with Gasteiger partial charge in [0.25, 0.3) is 5.91 Å². The number of carbonyl (C=O) groups is 2. The average molecular weight is 524 g/mol. The Hall–Kier alpha value is -3.25. The van der Waals surface area contributed by atoms with Gasteiger partial charge in [0, 0.05) is 36.5 Å². The molecule has 1 heterocycles. The first kappa shape index (κ1) is 28.3. The van der Waals surface area contributed by atoms with Crippen molar-refractivity contribution in [2.24, 2.45) is 5.92 Å². The van der Waals surface area contributed by atoms with Crippen molar-refractivity contribution in [1.82, 2.24) is 14.4 Å². The minimum absolute atomic E-state index is 0.0366. The normalized spacial score (nSPS) is 10.9. The topological polar surface area (TPSA) is 54.8 Å². The Kier molecular flexibility index (Phi) is 11.1. The molecule has 0 spiro atoms. The van der Waals surface area contributed by atoms with E-state index in [1.165, 1.54) is 0 Å². The van der Waals surface area contributed by atoms with Crippen LogP contribution in [0.2, 0.25) is 5.02 Å². The van der Waals surface area contributed by atoms with Crippen molar-refractivity contribution in [2.75, 3.05) is 26.2 Å². The number of ether oxygens (including phenoxy) is 1. The van der Waals surface area contributed by atoms with Crippen LogP contribution < -0.4 is 4.74 Å². The number of benzene rings is 2. The maximum absolute atomic E-state index is 13.5. The molecule has 0 saturated heterocycles. The number of unbranched alkanes of at least 4 members (excludes halogenated alkanes) is 1. The quantitative estimate of drug-likeness (QED) is 0.265. The Morgan fingerprint density at radius 3 is 2.38 bits per heavy atom. The van der Waals surface area contributed by atoms with E-state index in [4.69, 9.17) is 16.3 Å². The second kappa shape index (κ2) is 14.5. The van der Waals surface area contributed by atoms with Crippen molar-refractivity contribution in [3.05, 3.63) is 89.2 Å². The van der Waals surface area contributed by atoms with Crippen molar-refractivity contribution in [3.63, 3.8) is 0 Å². The van der Waals surface area contributed by atoms with Crippen LogP contribution in [-0.4, -0.2) is 52.4 Å². The molecule has 0 unspecified atom stereocenters. The molecule has 1 aromatic heterocycles. The lowest BCUT2D eigenvalue weighted by atomic mass is 10.2. The molecule has 0 aliphatic rings. The van der Waals surface area contributed by atoms with Gasteiger partial charge in [-0.05, 0) is 48.2 Å². The van der Waals surface area contributed by atoms with Gasteiger partial charge in [0.2, 0.25) is 5.91 Å². The smallest absolute Gasteiger partial charge is 0.260 e. The highest BCUT2D eigenvalue weighted by Gasteiger charge is 2.23. The minimum Gasteiger partial charge on any atom is -0.484 e. The summed E-state index contributed by atoms with van der Waals surface area (Å²) in [5.74, 6) is 0.677. The number of aromatic nitrogens is 1. The summed E-state index contributed by atoms with van der Waals surface area (Å²) in [6, 6.07) is 21.1. The Balaban J connectivity index is 1.70. The molecule has 7 heteroatoms. The van der Waals surface area contributed by atoms with E-state index < -0.39 is 0 Å². The van der Waals surface area contributed by atoms with Crippen LogP contribution in [0.3, 0.4) is 0 Å². The van der Waals surface area contributed by atoms with Gasteiger partial charge in [-0.2, -0.15) is 0 Å². The van der Waals surface area contributed by atoms with Crippen LogP contribution in [0.5, 0.6) is 5.75 Å². The summed E-state index contributed by atoms with van der Waals surface area (Å²) in [6.07, 6.45) is 3.77. The Morgan fingerprint density at radius 1 is 0.946 bits per heavy atom. The van der Waals surface area contributed by atoms with E-state index in [1.54, 1.807) is 4.90 Å². The first-order chi connectivity index (χ1) is 17.9. The summed E-state index contributed by atoms with van der Waals surface area (Å²) in [5, 5.41) is 0.722. The number of hydrogen-bond donors (Lipinski definition) is 0. The summed E-state index contributed by atoms with van der Waals surface area (Å²) >= 11 is 6.39. The van der Waals surface area contributed by atoms with E-state index >= 15 is 0 Å². The molecule has 2 amide bonds. The Bertz CT molecular complexity index is 1130. The zero-order valence-electron chi connectivity index (χ0n) is 22.1. The van der Waals surface area contributed by atoms with E-state index in [1.807, 2.05) is 77.8 Å².